The molecule has 1 aromatic heterocycles. The number of nitrogens with one attached hydrogen (secondary N) is 1. The molecule has 0 fully saturated rings. The molecule has 0 aliphatic heterocycles. The second-order valence-electron chi connectivity index (χ2n) is 7.54. The summed E-state index contributed by atoms with van der Waals surface area (Å²) in [5.41, 5.74) is 9.77. The minimum atomic E-state index is -0.475. The predicted octanol–water partition coefficient (Wildman–Crippen LogP) is 3.48. The van der Waals surface area contributed by atoms with Gasteiger partial charge in [0.2, 0.25) is 0 Å². The van der Waals surface area contributed by atoms with Crippen molar-refractivity contribution in [2.45, 2.75) is 45.4 Å². The van der Waals surface area contributed by atoms with Crippen molar-refractivity contribution in [2.75, 3.05) is 11.9 Å². The predicted molar refractivity (Wildman–Crippen MR) is 107 cm³/mol. The minimum Gasteiger partial charge on any atom is -0.484 e. The highest BCUT2D eigenvalue weighted by Gasteiger charge is 2.27. The van der Waals surface area contributed by atoms with E-state index in [1.54, 1.807) is 0 Å². The van der Waals surface area contributed by atoms with Crippen molar-refractivity contribution in [1.82, 2.24) is 0 Å². The quantitative estimate of drug-likeness (QED) is 0.828. The summed E-state index contributed by atoms with van der Waals surface area (Å²) < 4.78 is 5.66. The molecule has 4 rings (SSSR count). The van der Waals surface area contributed by atoms with Crippen LogP contribution in [-0.2, 0) is 30.5 Å². The maximum absolute atomic E-state index is 12.4. The minimum absolute atomic E-state index is 0.0873. The average Bonchev–Trinajstić information content (AvgIpc) is 3.22. The SMILES string of the molecule is CC1CCc2c(sc(NC(=O)COc3ccc4c(c3)CCC4)c2C(N)=O)C1. The van der Waals surface area contributed by atoms with Crippen molar-refractivity contribution >= 4 is 28.2 Å². The highest BCUT2D eigenvalue weighted by Crippen LogP contribution is 2.39. The van der Waals surface area contributed by atoms with E-state index < -0.39 is 5.91 Å². The Morgan fingerprint density at radius 2 is 2.07 bits per heavy atom. The molecule has 142 valence electrons. The number of fused-ring (bicyclic) bond motifs is 2. The second-order valence-corrected chi connectivity index (χ2v) is 8.65. The van der Waals surface area contributed by atoms with E-state index >= 15 is 0 Å². The molecule has 6 heteroatoms. The van der Waals surface area contributed by atoms with Crippen LogP contribution in [0.25, 0.3) is 0 Å². The summed E-state index contributed by atoms with van der Waals surface area (Å²) in [5.74, 6) is 0.547. The van der Waals surface area contributed by atoms with Crippen LogP contribution in [0.4, 0.5) is 5.00 Å². The molecular weight excluding hydrogens is 360 g/mol. The van der Waals surface area contributed by atoms with Crippen molar-refractivity contribution in [1.29, 1.82) is 0 Å². The van der Waals surface area contributed by atoms with E-state index in [0.717, 1.165) is 42.5 Å². The third-order valence-electron chi connectivity index (χ3n) is 5.45. The number of primary amides is 1. The maximum atomic E-state index is 12.4. The number of thiophene rings is 1. The summed E-state index contributed by atoms with van der Waals surface area (Å²) in [7, 11) is 0. The molecule has 0 spiro atoms. The molecule has 3 N–H and O–H groups in total. The molecule has 2 aromatic rings. The van der Waals surface area contributed by atoms with Crippen molar-refractivity contribution in [3.63, 3.8) is 0 Å². The van der Waals surface area contributed by atoms with E-state index in [4.69, 9.17) is 10.5 Å². The first-order chi connectivity index (χ1) is 13.0. The van der Waals surface area contributed by atoms with E-state index in [0.29, 0.717) is 22.2 Å². The van der Waals surface area contributed by atoms with Gasteiger partial charge in [-0.3, -0.25) is 9.59 Å². The van der Waals surface area contributed by atoms with E-state index in [9.17, 15) is 9.59 Å². The lowest BCUT2D eigenvalue weighted by Crippen LogP contribution is -2.22. The fourth-order valence-electron chi connectivity index (χ4n) is 4.05. The summed E-state index contributed by atoms with van der Waals surface area (Å²) >= 11 is 1.47. The fraction of sp³-hybridized carbons (Fsp3) is 0.429. The molecular formula is C21H24N2O3S. The molecule has 1 heterocycles. The van der Waals surface area contributed by atoms with Gasteiger partial charge in [0.15, 0.2) is 6.61 Å². The van der Waals surface area contributed by atoms with Gasteiger partial charge >= 0.3 is 0 Å². The number of hydrogen-bond donors (Lipinski definition) is 2. The number of ether oxygens (including phenoxy) is 1. The summed E-state index contributed by atoms with van der Waals surface area (Å²) in [4.78, 5) is 25.5. The molecule has 27 heavy (non-hydrogen) atoms. The molecule has 0 bridgehead atoms. The van der Waals surface area contributed by atoms with Gasteiger partial charge in [-0.2, -0.15) is 0 Å². The normalized spacial score (nSPS) is 17.9. The van der Waals surface area contributed by atoms with Crippen LogP contribution in [0, 0.1) is 5.92 Å². The van der Waals surface area contributed by atoms with E-state index in [-0.39, 0.29) is 12.5 Å². The number of hydrogen-bond acceptors (Lipinski definition) is 4. The average molecular weight is 385 g/mol. The van der Waals surface area contributed by atoms with Crippen LogP contribution < -0.4 is 15.8 Å². The molecule has 0 saturated carbocycles. The van der Waals surface area contributed by atoms with Gasteiger partial charge in [0, 0.05) is 4.88 Å². The zero-order chi connectivity index (χ0) is 19.0. The Morgan fingerprint density at radius 1 is 1.26 bits per heavy atom. The molecule has 2 aliphatic carbocycles. The first-order valence-corrected chi connectivity index (χ1v) is 10.3. The molecule has 2 aliphatic rings. The van der Waals surface area contributed by atoms with Crippen molar-refractivity contribution < 1.29 is 14.3 Å². The van der Waals surface area contributed by atoms with Crippen LogP contribution in [0.3, 0.4) is 0 Å². The van der Waals surface area contributed by atoms with Crippen LogP contribution in [0.15, 0.2) is 18.2 Å². The van der Waals surface area contributed by atoms with Gasteiger partial charge in [-0.1, -0.05) is 13.0 Å². The van der Waals surface area contributed by atoms with Crippen LogP contribution in [0.2, 0.25) is 0 Å². The van der Waals surface area contributed by atoms with Gasteiger partial charge in [-0.15, -0.1) is 11.3 Å². The molecule has 0 saturated heterocycles. The lowest BCUT2D eigenvalue weighted by atomic mass is 9.88. The lowest BCUT2D eigenvalue weighted by Gasteiger charge is -2.18. The zero-order valence-electron chi connectivity index (χ0n) is 15.5. The number of anilines is 1. The van der Waals surface area contributed by atoms with Crippen molar-refractivity contribution in [2.24, 2.45) is 11.7 Å². The third-order valence-corrected chi connectivity index (χ3v) is 6.62. The number of carbonyl (C=O) groups excluding carboxylic acids is 2. The second kappa shape index (κ2) is 7.35. The first kappa shape index (κ1) is 18.0. The topological polar surface area (TPSA) is 81.4 Å². The largest absolute Gasteiger partial charge is 0.484 e. The first-order valence-electron chi connectivity index (χ1n) is 9.50. The van der Waals surface area contributed by atoms with E-state index in [2.05, 4.69) is 18.3 Å². The maximum Gasteiger partial charge on any atom is 0.262 e. The van der Waals surface area contributed by atoms with Crippen LogP contribution in [-0.4, -0.2) is 18.4 Å². The van der Waals surface area contributed by atoms with Crippen molar-refractivity contribution in [3.8, 4) is 5.75 Å². The number of rotatable bonds is 5. The Balaban J connectivity index is 1.44. The molecule has 1 unspecified atom stereocenters. The summed E-state index contributed by atoms with van der Waals surface area (Å²) in [6.45, 7) is 2.12. The van der Waals surface area contributed by atoms with Gasteiger partial charge in [-0.05, 0) is 73.3 Å². The Labute approximate surface area is 162 Å². The van der Waals surface area contributed by atoms with Crippen LogP contribution in [0.1, 0.15) is 51.7 Å². The van der Waals surface area contributed by atoms with Gasteiger partial charge in [0.1, 0.15) is 10.8 Å². The Kier molecular flexibility index (Phi) is 4.91. The highest BCUT2D eigenvalue weighted by molar-refractivity contribution is 7.17. The third kappa shape index (κ3) is 3.72. The smallest absolute Gasteiger partial charge is 0.262 e. The molecule has 5 nitrogen and oxygen atoms in total. The van der Waals surface area contributed by atoms with Crippen LogP contribution in [0.5, 0.6) is 5.75 Å². The standard InChI is InChI=1S/C21H24N2O3S/c1-12-5-8-16-17(9-12)27-21(19(16)20(22)25)23-18(24)11-26-15-7-6-13-3-2-4-14(13)10-15/h6-7,10,12H,2-5,8-9,11H2,1H3,(H2,22,25)(H,23,24). The van der Waals surface area contributed by atoms with E-state index in [1.165, 1.54) is 28.9 Å². The molecule has 0 radical (unpaired) electrons. The molecule has 1 aromatic carbocycles. The Hall–Kier alpha value is -2.34. The molecule has 1 atom stereocenters. The Morgan fingerprint density at radius 3 is 2.89 bits per heavy atom. The fourth-order valence-corrected chi connectivity index (χ4v) is 5.48. The highest BCUT2D eigenvalue weighted by atomic mass is 32.1. The van der Waals surface area contributed by atoms with Gasteiger partial charge in [0.05, 0.1) is 5.56 Å². The number of benzene rings is 1. The summed E-state index contributed by atoms with van der Waals surface area (Å²) in [5, 5.41) is 3.40. The monoisotopic (exact) mass is 384 g/mol. The number of carbonyl (C=O) groups is 2. The van der Waals surface area contributed by atoms with Gasteiger partial charge in [0.25, 0.3) is 11.8 Å². The lowest BCUT2D eigenvalue weighted by molar-refractivity contribution is -0.118. The van der Waals surface area contributed by atoms with Gasteiger partial charge in [-0.25, -0.2) is 0 Å². The number of nitrogens with two attached hydrogens (primary N) is 1. The number of aryl methyl sites for hydroxylation is 2. The number of amides is 2. The van der Waals surface area contributed by atoms with E-state index in [1.807, 2.05) is 12.1 Å². The van der Waals surface area contributed by atoms with Gasteiger partial charge < -0.3 is 15.8 Å². The Bertz CT molecular complexity index is 903. The molecule has 2 amide bonds. The van der Waals surface area contributed by atoms with Crippen LogP contribution >= 0.6 is 11.3 Å². The summed E-state index contributed by atoms with van der Waals surface area (Å²) in [6.07, 6.45) is 6.18. The van der Waals surface area contributed by atoms with Crippen molar-refractivity contribution in [3.05, 3.63) is 45.3 Å². The summed E-state index contributed by atoms with van der Waals surface area (Å²) in [6, 6.07) is 6.02. The zero-order valence-corrected chi connectivity index (χ0v) is 16.3.